The predicted molar refractivity (Wildman–Crippen MR) is 134 cm³/mol. The molecule has 0 radical (unpaired) electrons. The van der Waals surface area contributed by atoms with Crippen LogP contribution in [0.2, 0.25) is 5.15 Å². The Morgan fingerprint density at radius 1 is 1.12 bits per heavy atom. The molecule has 1 amide bonds. The summed E-state index contributed by atoms with van der Waals surface area (Å²) in [5.74, 6) is 0.643. The zero-order chi connectivity index (χ0) is 24.0. The van der Waals surface area contributed by atoms with E-state index in [2.05, 4.69) is 14.8 Å². The van der Waals surface area contributed by atoms with Crippen molar-refractivity contribution in [3.63, 3.8) is 0 Å². The molecular weight excluding hydrogens is 474 g/mol. The van der Waals surface area contributed by atoms with E-state index in [0.29, 0.717) is 36.6 Å². The zero-order valence-corrected chi connectivity index (χ0v) is 21.4. The topological polar surface area (TPSA) is 71.0 Å². The third-order valence-electron chi connectivity index (χ3n) is 6.03. The number of hydrogen-bond acceptors (Lipinski definition) is 8. The third kappa shape index (κ3) is 6.82. The summed E-state index contributed by atoms with van der Waals surface area (Å²) in [6.45, 7) is 4.88. The molecule has 2 saturated heterocycles. The number of hydrogen-bond donors (Lipinski definition) is 0. The number of piperidine rings is 1. The first-order valence-electron chi connectivity index (χ1n) is 11.6. The van der Waals surface area contributed by atoms with Crippen molar-refractivity contribution < 1.29 is 14.3 Å². The molecule has 0 unspecified atom stereocenters. The van der Waals surface area contributed by atoms with Crippen molar-refractivity contribution >= 4 is 35.1 Å². The molecule has 8 nitrogen and oxygen atoms in total. The summed E-state index contributed by atoms with van der Waals surface area (Å²) in [5, 5.41) is 0.888. The minimum atomic E-state index is -0.438. The quantitative estimate of drug-likeness (QED) is 0.292. The van der Waals surface area contributed by atoms with Gasteiger partial charge in [0.2, 0.25) is 5.91 Å². The number of halogens is 1. The minimum Gasteiger partial charge on any atom is -0.356 e. The van der Waals surface area contributed by atoms with E-state index in [1.165, 1.54) is 11.8 Å². The van der Waals surface area contributed by atoms with E-state index < -0.39 is 5.79 Å². The van der Waals surface area contributed by atoms with Crippen LogP contribution in [0.5, 0.6) is 0 Å². The van der Waals surface area contributed by atoms with E-state index in [0.717, 1.165) is 43.9 Å². The summed E-state index contributed by atoms with van der Waals surface area (Å²) in [7, 11) is 4.02. The fraction of sp³-hybridized carbons (Fsp3) is 0.542. The highest BCUT2D eigenvalue weighted by Gasteiger charge is 2.40. The van der Waals surface area contributed by atoms with E-state index in [1.54, 1.807) is 6.07 Å². The molecule has 1 spiro atoms. The van der Waals surface area contributed by atoms with Crippen molar-refractivity contribution in [2.24, 2.45) is 0 Å². The van der Waals surface area contributed by atoms with E-state index >= 15 is 0 Å². The van der Waals surface area contributed by atoms with Crippen LogP contribution >= 0.6 is 23.4 Å². The molecule has 0 aliphatic carbocycles. The summed E-state index contributed by atoms with van der Waals surface area (Å²) in [4.78, 5) is 28.3. The Hall–Kier alpha value is -1.91. The molecule has 2 fully saturated rings. The summed E-state index contributed by atoms with van der Waals surface area (Å²) in [6.07, 6.45) is 1.58. The number of thioether (sulfide) groups is 1. The lowest BCUT2D eigenvalue weighted by Crippen LogP contribution is -2.45. The maximum absolute atomic E-state index is 13.1. The molecule has 3 heterocycles. The van der Waals surface area contributed by atoms with Crippen LogP contribution in [0.15, 0.2) is 41.6 Å². The average molecular weight is 506 g/mol. The SMILES string of the molecule is CN(C)CCN(Cc1ccccc1)C(=O)CSc1nc(Cl)cc(N2CCC3(CC2)OCCO3)n1. The number of nitrogens with zero attached hydrogens (tertiary/aromatic N) is 5. The van der Waals surface area contributed by atoms with Crippen molar-refractivity contribution in [2.75, 3.05) is 64.1 Å². The van der Waals surface area contributed by atoms with Crippen LogP contribution in [-0.2, 0) is 20.8 Å². The highest BCUT2D eigenvalue weighted by Crippen LogP contribution is 2.33. The van der Waals surface area contributed by atoms with Gasteiger partial charge in [0.15, 0.2) is 10.9 Å². The Kier molecular flexibility index (Phi) is 8.65. The zero-order valence-electron chi connectivity index (χ0n) is 19.8. The second kappa shape index (κ2) is 11.7. The second-order valence-electron chi connectivity index (χ2n) is 8.82. The van der Waals surface area contributed by atoms with Gasteiger partial charge in [0.25, 0.3) is 0 Å². The number of likely N-dealkylation sites (N-methyl/N-ethyl adjacent to an activating group) is 1. The van der Waals surface area contributed by atoms with Crippen LogP contribution in [0, 0.1) is 0 Å². The molecule has 4 rings (SSSR count). The van der Waals surface area contributed by atoms with E-state index in [-0.39, 0.29) is 11.7 Å². The van der Waals surface area contributed by atoms with Gasteiger partial charge in [-0.05, 0) is 19.7 Å². The molecule has 0 atom stereocenters. The van der Waals surface area contributed by atoms with Crippen LogP contribution in [0.3, 0.4) is 0 Å². The van der Waals surface area contributed by atoms with Crippen LogP contribution in [0.4, 0.5) is 5.82 Å². The van der Waals surface area contributed by atoms with Gasteiger partial charge in [-0.15, -0.1) is 0 Å². The number of amides is 1. The van der Waals surface area contributed by atoms with Crippen LogP contribution < -0.4 is 4.90 Å². The maximum atomic E-state index is 13.1. The minimum absolute atomic E-state index is 0.0521. The number of anilines is 1. The predicted octanol–water partition coefficient (Wildman–Crippen LogP) is 3.16. The summed E-state index contributed by atoms with van der Waals surface area (Å²) >= 11 is 7.64. The van der Waals surface area contributed by atoms with Crippen LogP contribution in [0.25, 0.3) is 0 Å². The molecule has 0 saturated carbocycles. The molecule has 10 heteroatoms. The lowest BCUT2D eigenvalue weighted by Gasteiger charge is -2.38. The normalized spacial score (nSPS) is 17.5. The molecule has 2 aliphatic heterocycles. The first kappa shape index (κ1) is 25.2. The average Bonchev–Trinajstić information content (AvgIpc) is 3.28. The second-order valence-corrected chi connectivity index (χ2v) is 10.1. The highest BCUT2D eigenvalue weighted by atomic mass is 35.5. The van der Waals surface area contributed by atoms with Gasteiger partial charge < -0.3 is 24.2 Å². The van der Waals surface area contributed by atoms with Crippen molar-refractivity contribution in [1.29, 1.82) is 0 Å². The highest BCUT2D eigenvalue weighted by molar-refractivity contribution is 7.99. The maximum Gasteiger partial charge on any atom is 0.233 e. The Morgan fingerprint density at radius 2 is 1.82 bits per heavy atom. The van der Waals surface area contributed by atoms with E-state index in [1.807, 2.05) is 49.3 Å². The van der Waals surface area contributed by atoms with E-state index in [4.69, 9.17) is 26.1 Å². The summed E-state index contributed by atoms with van der Waals surface area (Å²) < 4.78 is 11.6. The molecule has 184 valence electrons. The van der Waals surface area contributed by atoms with Gasteiger partial charge >= 0.3 is 0 Å². The molecule has 0 bridgehead atoms. The van der Waals surface area contributed by atoms with E-state index in [9.17, 15) is 4.79 Å². The summed E-state index contributed by atoms with van der Waals surface area (Å²) in [6, 6.07) is 11.8. The monoisotopic (exact) mass is 505 g/mol. The molecule has 2 aliphatic rings. The molecular formula is C24H32ClN5O3S. The molecule has 1 aromatic carbocycles. The smallest absolute Gasteiger partial charge is 0.233 e. The van der Waals surface area contributed by atoms with Crippen molar-refractivity contribution in [3.05, 3.63) is 47.1 Å². The van der Waals surface area contributed by atoms with Crippen molar-refractivity contribution in [1.82, 2.24) is 19.8 Å². The third-order valence-corrected chi connectivity index (χ3v) is 7.06. The molecule has 0 N–H and O–H groups in total. The lowest BCUT2D eigenvalue weighted by atomic mass is 10.0. The Bertz CT molecular complexity index is 949. The number of benzene rings is 1. The van der Waals surface area contributed by atoms with Crippen LogP contribution in [0.1, 0.15) is 18.4 Å². The molecule has 1 aromatic heterocycles. The fourth-order valence-corrected chi connectivity index (χ4v) is 5.09. The standard InChI is InChI=1S/C24H32ClN5O3S/c1-28(2)12-13-30(17-19-6-4-3-5-7-19)22(31)18-34-23-26-20(25)16-21(27-23)29-10-8-24(9-11-29)32-14-15-33-24/h3-7,16H,8-15,17-18H2,1-2H3. The number of carbonyl (C=O) groups is 1. The number of ether oxygens (including phenoxy) is 2. The molecule has 34 heavy (non-hydrogen) atoms. The Morgan fingerprint density at radius 3 is 2.50 bits per heavy atom. The van der Waals surface area contributed by atoms with Gasteiger partial charge in [0.05, 0.1) is 19.0 Å². The molecule has 2 aromatic rings. The first-order chi connectivity index (χ1) is 16.4. The van der Waals surface area contributed by atoms with Crippen LogP contribution in [-0.4, -0.2) is 90.7 Å². The number of aromatic nitrogens is 2. The van der Waals surface area contributed by atoms with Gasteiger partial charge in [-0.1, -0.05) is 53.7 Å². The number of carbonyl (C=O) groups excluding carboxylic acids is 1. The van der Waals surface area contributed by atoms with Gasteiger partial charge in [0.1, 0.15) is 11.0 Å². The Labute approximate surface area is 210 Å². The summed E-state index contributed by atoms with van der Waals surface area (Å²) in [5.41, 5.74) is 1.11. The Balaban J connectivity index is 1.37. The lowest BCUT2D eigenvalue weighted by molar-refractivity contribution is -0.169. The fourth-order valence-electron chi connectivity index (χ4n) is 4.11. The van der Waals surface area contributed by atoms with Crippen molar-refractivity contribution in [2.45, 2.75) is 30.3 Å². The number of rotatable bonds is 9. The first-order valence-corrected chi connectivity index (χ1v) is 13.0. The van der Waals surface area contributed by atoms with Gasteiger partial charge in [-0.25, -0.2) is 9.97 Å². The van der Waals surface area contributed by atoms with Gasteiger partial charge in [-0.3, -0.25) is 4.79 Å². The largest absolute Gasteiger partial charge is 0.356 e. The van der Waals surface area contributed by atoms with Gasteiger partial charge in [-0.2, -0.15) is 0 Å². The van der Waals surface area contributed by atoms with Crippen molar-refractivity contribution in [3.8, 4) is 0 Å². The van der Waals surface area contributed by atoms with Gasteiger partial charge in [0, 0.05) is 51.6 Å².